The molecule has 214 valence electrons. The van der Waals surface area contributed by atoms with Crippen molar-refractivity contribution in [3.05, 3.63) is 46.3 Å². The third kappa shape index (κ3) is 4.03. The summed E-state index contributed by atoms with van der Waals surface area (Å²) >= 11 is 0. The maximum atomic E-state index is 13.4. The summed E-state index contributed by atoms with van der Waals surface area (Å²) in [6, 6.07) is 0. The fraction of sp³-hybridized carbons (Fsp3) is 0.677. The molecule has 5 aliphatic rings. The molecule has 3 N–H and O–H groups in total. The number of allylic oxidation sites excluding steroid dienone is 7. The zero-order valence-electron chi connectivity index (χ0n) is 24.1. The second-order valence-corrected chi connectivity index (χ2v) is 15.7. The highest BCUT2D eigenvalue weighted by Crippen LogP contribution is 2.75. The Hall–Kier alpha value is -2.19. The van der Waals surface area contributed by atoms with Crippen LogP contribution in [-0.4, -0.2) is 42.1 Å². The summed E-state index contributed by atoms with van der Waals surface area (Å²) < 4.78 is 31.4. The minimum atomic E-state index is -4.14. The maximum Gasteiger partial charge on any atom is 0.266 e. The first kappa shape index (κ1) is 28.3. The summed E-state index contributed by atoms with van der Waals surface area (Å²) in [5, 5.41) is 13.1. The van der Waals surface area contributed by atoms with Crippen LogP contribution < -0.4 is 5.32 Å². The summed E-state index contributed by atoms with van der Waals surface area (Å²) in [4.78, 5) is 26.1. The average molecular weight is 558 g/mol. The largest absolute Gasteiger partial charge is 0.504 e. The lowest BCUT2D eigenvalue weighted by Gasteiger charge is -2.70. The zero-order chi connectivity index (χ0) is 28.8. The first-order valence-corrected chi connectivity index (χ1v) is 15.8. The fourth-order valence-electron chi connectivity index (χ4n) is 9.17. The number of nitrogens with one attached hydrogen (secondary N) is 1. The van der Waals surface area contributed by atoms with Gasteiger partial charge in [0.15, 0.2) is 5.76 Å². The van der Waals surface area contributed by atoms with Crippen LogP contribution in [0.3, 0.4) is 0 Å². The molecule has 0 saturated heterocycles. The van der Waals surface area contributed by atoms with Gasteiger partial charge in [0.25, 0.3) is 10.1 Å². The number of rotatable bonds is 4. The second kappa shape index (κ2) is 8.65. The number of aliphatic hydroxyl groups is 1. The fourth-order valence-corrected chi connectivity index (χ4v) is 9.53. The Morgan fingerprint density at radius 1 is 1.03 bits per heavy atom. The standard InChI is InChI=1S/C31H43NO6S/c1-19-20-7-8-23-29(4,21(20)17-22(33)25(19)34)12-14-31(6)24-18-28(3,26(35)32-15-16-39(36,37)38)10-9-27(24,2)11-13-30(23,31)5/h7-8,17,24,34H,9-16,18H2,1-6H3,(H,32,35)(H,36,37,38)/t24-,27?,28-,29+,30-,31+/m1/s1. The van der Waals surface area contributed by atoms with Crippen LogP contribution in [0.15, 0.2) is 46.3 Å². The maximum absolute atomic E-state index is 13.4. The lowest BCUT2D eigenvalue weighted by molar-refractivity contribution is -0.169. The van der Waals surface area contributed by atoms with Crippen LogP contribution in [0.1, 0.15) is 86.5 Å². The van der Waals surface area contributed by atoms with Gasteiger partial charge < -0.3 is 10.4 Å². The van der Waals surface area contributed by atoms with Crippen LogP contribution in [0.5, 0.6) is 0 Å². The molecule has 1 unspecified atom stereocenters. The Labute approximate surface area is 232 Å². The lowest BCUT2D eigenvalue weighted by atomic mass is 9.34. The van der Waals surface area contributed by atoms with Crippen LogP contribution in [0.4, 0.5) is 0 Å². The third-order valence-corrected chi connectivity index (χ3v) is 12.8. The van der Waals surface area contributed by atoms with E-state index in [1.54, 1.807) is 6.08 Å². The minimum absolute atomic E-state index is 0.0701. The molecule has 8 heteroatoms. The first-order chi connectivity index (χ1) is 17.9. The van der Waals surface area contributed by atoms with Crippen molar-refractivity contribution in [1.29, 1.82) is 0 Å². The Bertz CT molecular complexity index is 1390. The predicted octanol–water partition coefficient (Wildman–Crippen LogP) is 5.62. The van der Waals surface area contributed by atoms with Crippen molar-refractivity contribution in [3.8, 4) is 0 Å². The molecule has 6 atom stereocenters. The second-order valence-electron chi connectivity index (χ2n) is 14.2. The zero-order valence-corrected chi connectivity index (χ0v) is 24.9. The molecule has 0 spiro atoms. The predicted molar refractivity (Wildman–Crippen MR) is 150 cm³/mol. The van der Waals surface area contributed by atoms with Crippen molar-refractivity contribution in [2.45, 2.75) is 86.5 Å². The van der Waals surface area contributed by atoms with Gasteiger partial charge in [0.1, 0.15) is 0 Å². The Balaban J connectivity index is 1.51. The van der Waals surface area contributed by atoms with Gasteiger partial charge in [-0.15, -0.1) is 0 Å². The molecule has 0 radical (unpaired) electrons. The summed E-state index contributed by atoms with van der Waals surface area (Å²) in [7, 11) is -4.14. The van der Waals surface area contributed by atoms with Gasteiger partial charge in [0, 0.05) is 22.9 Å². The molecule has 0 aromatic carbocycles. The molecule has 7 nitrogen and oxygen atoms in total. The van der Waals surface area contributed by atoms with Gasteiger partial charge >= 0.3 is 0 Å². The van der Waals surface area contributed by atoms with Gasteiger partial charge in [-0.3, -0.25) is 14.1 Å². The van der Waals surface area contributed by atoms with E-state index >= 15 is 0 Å². The van der Waals surface area contributed by atoms with Crippen molar-refractivity contribution in [2.75, 3.05) is 12.3 Å². The van der Waals surface area contributed by atoms with Crippen molar-refractivity contribution in [1.82, 2.24) is 5.32 Å². The van der Waals surface area contributed by atoms with Crippen LogP contribution in [0, 0.1) is 33.0 Å². The van der Waals surface area contributed by atoms with E-state index in [1.807, 2.05) is 13.8 Å². The van der Waals surface area contributed by atoms with E-state index in [4.69, 9.17) is 4.55 Å². The van der Waals surface area contributed by atoms with Crippen molar-refractivity contribution in [2.24, 2.45) is 33.0 Å². The topological polar surface area (TPSA) is 121 Å². The highest BCUT2D eigenvalue weighted by atomic mass is 32.2. The van der Waals surface area contributed by atoms with Gasteiger partial charge in [-0.1, -0.05) is 52.3 Å². The van der Waals surface area contributed by atoms with Gasteiger partial charge in [-0.25, -0.2) is 0 Å². The number of carbonyl (C=O) groups excluding carboxylic acids is 2. The van der Waals surface area contributed by atoms with E-state index in [-0.39, 0.29) is 45.7 Å². The van der Waals surface area contributed by atoms with Crippen molar-refractivity contribution in [3.63, 3.8) is 0 Å². The summed E-state index contributed by atoms with van der Waals surface area (Å²) in [5.41, 5.74) is 2.97. The van der Waals surface area contributed by atoms with Gasteiger partial charge in [0.05, 0.1) is 5.75 Å². The summed E-state index contributed by atoms with van der Waals surface area (Å²) in [5.74, 6) is -0.818. The van der Waals surface area contributed by atoms with E-state index in [9.17, 15) is 23.1 Å². The average Bonchev–Trinajstić information content (AvgIpc) is 2.85. The van der Waals surface area contributed by atoms with E-state index < -0.39 is 21.3 Å². The SMILES string of the molecule is CC1=C(O)C(=O)C=C2C1=CC=C1[C@@]2(C)CC[C@@]2(C)[C@@H]3C[C@](C)(C(=O)NCCS(=O)(=O)O)CCC3(C)CC[C@]12C. The normalized spacial score (nSPS) is 41.8. The molecule has 0 aliphatic heterocycles. The molecule has 5 rings (SSSR count). The van der Waals surface area contributed by atoms with Gasteiger partial charge in [-0.05, 0) is 91.3 Å². The van der Waals surface area contributed by atoms with Crippen molar-refractivity contribution >= 4 is 21.8 Å². The number of amides is 1. The molecular weight excluding hydrogens is 514 g/mol. The summed E-state index contributed by atoms with van der Waals surface area (Å²) in [6.45, 7) is 13.2. The summed E-state index contributed by atoms with van der Waals surface area (Å²) in [6.07, 6.45) is 12.4. The molecule has 3 fully saturated rings. The molecule has 0 heterocycles. The van der Waals surface area contributed by atoms with Crippen molar-refractivity contribution < 1.29 is 27.7 Å². The Kier molecular flexibility index (Phi) is 6.29. The van der Waals surface area contributed by atoms with Gasteiger partial charge in [-0.2, -0.15) is 8.42 Å². The molecule has 5 aliphatic carbocycles. The molecule has 39 heavy (non-hydrogen) atoms. The highest BCUT2D eigenvalue weighted by molar-refractivity contribution is 7.85. The first-order valence-electron chi connectivity index (χ1n) is 14.2. The van der Waals surface area contributed by atoms with E-state index in [2.05, 4.69) is 45.2 Å². The third-order valence-electron chi connectivity index (χ3n) is 12.1. The van der Waals surface area contributed by atoms with Crippen LogP contribution in [-0.2, 0) is 19.7 Å². The smallest absolute Gasteiger partial charge is 0.266 e. The molecule has 0 aromatic rings. The monoisotopic (exact) mass is 557 g/mol. The lowest BCUT2D eigenvalue weighted by Crippen LogP contribution is -2.62. The minimum Gasteiger partial charge on any atom is -0.504 e. The van der Waals surface area contributed by atoms with E-state index in [1.165, 1.54) is 5.57 Å². The molecule has 0 aromatic heterocycles. The highest BCUT2D eigenvalue weighted by Gasteiger charge is 2.67. The number of fused-ring (bicyclic) bond motifs is 7. The van der Waals surface area contributed by atoms with E-state index in [0.29, 0.717) is 11.5 Å². The van der Waals surface area contributed by atoms with Crippen LogP contribution in [0.2, 0.25) is 0 Å². The van der Waals surface area contributed by atoms with Crippen LogP contribution in [0.25, 0.3) is 0 Å². The Morgan fingerprint density at radius 3 is 2.36 bits per heavy atom. The Morgan fingerprint density at radius 2 is 1.69 bits per heavy atom. The van der Waals surface area contributed by atoms with Crippen LogP contribution >= 0.6 is 0 Å². The molecule has 1 amide bonds. The number of hydrogen-bond acceptors (Lipinski definition) is 5. The number of aliphatic hydroxyl groups excluding tert-OH is 1. The van der Waals surface area contributed by atoms with E-state index in [0.717, 1.165) is 56.1 Å². The number of ketones is 1. The van der Waals surface area contributed by atoms with Gasteiger partial charge in [0.2, 0.25) is 11.7 Å². The number of hydrogen-bond donors (Lipinski definition) is 3. The number of carbonyl (C=O) groups is 2. The quantitative estimate of drug-likeness (QED) is 0.386. The molecule has 3 saturated carbocycles. The molecular formula is C31H43NO6S. The molecule has 0 bridgehead atoms.